The molecule has 3 aromatic rings. The van der Waals surface area contributed by atoms with Crippen molar-refractivity contribution in [2.45, 2.75) is 13.8 Å². The summed E-state index contributed by atoms with van der Waals surface area (Å²) in [4.78, 5) is 26.4. The number of pyridine rings is 1. The van der Waals surface area contributed by atoms with Gasteiger partial charge in [0.25, 0.3) is 11.6 Å². The minimum Gasteiger partial charge on any atom is -0.267 e. The van der Waals surface area contributed by atoms with E-state index in [1.807, 2.05) is 0 Å². The van der Waals surface area contributed by atoms with Crippen molar-refractivity contribution >= 4 is 17.3 Å². The molecule has 0 unspecified atom stereocenters. The van der Waals surface area contributed by atoms with Gasteiger partial charge in [-0.25, -0.2) is 10.1 Å². The molecule has 0 spiro atoms. The van der Waals surface area contributed by atoms with E-state index < -0.39 is 10.8 Å². The van der Waals surface area contributed by atoms with E-state index >= 15 is 0 Å². The molecule has 2 aromatic heterocycles. The van der Waals surface area contributed by atoms with Gasteiger partial charge in [0, 0.05) is 24.5 Å². The summed E-state index contributed by atoms with van der Waals surface area (Å²) in [5.74, 6) is -0.397. The van der Waals surface area contributed by atoms with E-state index in [2.05, 4.69) is 25.8 Å². The van der Waals surface area contributed by atoms with Gasteiger partial charge in [0.2, 0.25) is 0 Å². The van der Waals surface area contributed by atoms with Crippen molar-refractivity contribution in [3.05, 3.63) is 75.9 Å². The van der Waals surface area contributed by atoms with Crippen LogP contribution in [0.15, 0.2) is 53.9 Å². The first kappa shape index (κ1) is 17.9. The number of carbonyl (C=O) groups is 1. The second-order valence-corrected chi connectivity index (χ2v) is 5.59. The molecule has 10 nitrogen and oxygen atoms in total. The third-order valence-corrected chi connectivity index (χ3v) is 3.77. The summed E-state index contributed by atoms with van der Waals surface area (Å²) in [6.07, 6.45) is 3.00. The van der Waals surface area contributed by atoms with Crippen molar-refractivity contribution in [1.29, 1.82) is 0 Å². The summed E-state index contributed by atoms with van der Waals surface area (Å²) >= 11 is 0. The second kappa shape index (κ2) is 7.52. The average Bonchev–Trinajstić information content (AvgIpc) is 3.08. The Bertz CT molecular complexity index is 1030. The van der Waals surface area contributed by atoms with Gasteiger partial charge in [0.15, 0.2) is 0 Å². The molecule has 0 bridgehead atoms. The van der Waals surface area contributed by atoms with Crippen LogP contribution in [-0.2, 0) is 0 Å². The molecule has 0 aliphatic carbocycles. The number of hydrogen-bond acceptors (Lipinski definition) is 7. The molecule has 3 rings (SSSR count). The normalized spacial score (nSPS) is 11.3. The molecule has 0 saturated carbocycles. The Balaban J connectivity index is 1.83. The van der Waals surface area contributed by atoms with Crippen LogP contribution in [0.3, 0.4) is 0 Å². The molecule has 10 heteroatoms. The Kier molecular flexibility index (Phi) is 4.97. The molecular weight excluding hydrogens is 350 g/mol. The predicted molar refractivity (Wildman–Crippen MR) is 96.7 cm³/mol. The molecule has 0 saturated heterocycles. The van der Waals surface area contributed by atoms with Gasteiger partial charge in [-0.1, -0.05) is 11.3 Å². The minimum absolute atomic E-state index is 0.0435. The van der Waals surface area contributed by atoms with Gasteiger partial charge in [0.1, 0.15) is 5.69 Å². The first-order valence-corrected chi connectivity index (χ1v) is 7.89. The fourth-order valence-electron chi connectivity index (χ4n) is 2.40. The highest BCUT2D eigenvalue weighted by atomic mass is 16.6. The number of hydrogen-bond donors (Lipinski definition) is 1. The largest absolute Gasteiger partial charge is 0.272 e. The zero-order chi connectivity index (χ0) is 19.4. The summed E-state index contributed by atoms with van der Waals surface area (Å²) in [6.45, 7) is 3.44. The van der Waals surface area contributed by atoms with Crippen LogP contribution in [0.1, 0.15) is 28.7 Å². The number of benzene rings is 1. The fraction of sp³-hybridized carbons (Fsp3) is 0.118. The summed E-state index contributed by atoms with van der Waals surface area (Å²) in [7, 11) is 0. The highest BCUT2D eigenvalue weighted by Crippen LogP contribution is 2.18. The Morgan fingerprint density at radius 3 is 2.81 bits per heavy atom. The number of carbonyl (C=O) groups excluding carboxylic acids is 1. The number of rotatable bonds is 5. The first-order chi connectivity index (χ1) is 13.0. The highest BCUT2D eigenvalue weighted by molar-refractivity contribution is 6.00. The number of nitrogens with one attached hydrogen (secondary N) is 1. The monoisotopic (exact) mass is 365 g/mol. The lowest BCUT2D eigenvalue weighted by molar-refractivity contribution is -0.384. The predicted octanol–water partition coefficient (Wildman–Crippen LogP) is 2.03. The lowest BCUT2D eigenvalue weighted by Crippen LogP contribution is -2.19. The Hall–Kier alpha value is -3.95. The molecule has 2 heterocycles. The van der Waals surface area contributed by atoms with E-state index in [9.17, 15) is 14.9 Å². The van der Waals surface area contributed by atoms with Crippen LogP contribution >= 0.6 is 0 Å². The number of nitro benzene ring substituents is 1. The van der Waals surface area contributed by atoms with Crippen molar-refractivity contribution in [2.75, 3.05) is 0 Å². The van der Waals surface area contributed by atoms with Gasteiger partial charge in [-0.3, -0.25) is 19.9 Å². The van der Waals surface area contributed by atoms with Gasteiger partial charge < -0.3 is 0 Å². The molecular formula is C17H15N7O3. The number of non-ortho nitro benzene ring substituents is 1. The summed E-state index contributed by atoms with van der Waals surface area (Å²) in [5.41, 5.74) is 4.83. The number of nitrogens with zero attached hydrogens (tertiary/aromatic N) is 6. The van der Waals surface area contributed by atoms with Crippen molar-refractivity contribution in [1.82, 2.24) is 25.4 Å². The van der Waals surface area contributed by atoms with Crippen LogP contribution in [0.2, 0.25) is 0 Å². The molecule has 0 atom stereocenters. The Morgan fingerprint density at radius 2 is 2.11 bits per heavy atom. The highest BCUT2D eigenvalue weighted by Gasteiger charge is 2.15. The summed E-state index contributed by atoms with van der Waals surface area (Å²) in [5, 5.41) is 23.1. The average molecular weight is 365 g/mol. The third-order valence-electron chi connectivity index (χ3n) is 3.77. The Labute approximate surface area is 153 Å². The molecule has 1 amide bonds. The lowest BCUT2D eigenvalue weighted by atomic mass is 10.2. The first-order valence-electron chi connectivity index (χ1n) is 7.89. The van der Waals surface area contributed by atoms with E-state index in [1.54, 1.807) is 44.3 Å². The van der Waals surface area contributed by atoms with E-state index in [0.29, 0.717) is 28.4 Å². The van der Waals surface area contributed by atoms with Gasteiger partial charge in [-0.15, -0.1) is 5.10 Å². The molecule has 0 aliphatic rings. The van der Waals surface area contributed by atoms with Gasteiger partial charge in [0.05, 0.1) is 27.6 Å². The number of hydrazone groups is 1. The Morgan fingerprint density at radius 1 is 1.30 bits per heavy atom. The molecule has 136 valence electrons. The maximum absolute atomic E-state index is 12.0. The van der Waals surface area contributed by atoms with Gasteiger partial charge >= 0.3 is 0 Å². The quantitative estimate of drug-likeness (QED) is 0.418. The summed E-state index contributed by atoms with van der Waals surface area (Å²) < 4.78 is 1.48. The van der Waals surface area contributed by atoms with Crippen molar-refractivity contribution in [3.63, 3.8) is 0 Å². The molecule has 0 fully saturated rings. The fourth-order valence-corrected chi connectivity index (χ4v) is 2.40. The van der Waals surface area contributed by atoms with Crippen molar-refractivity contribution in [2.24, 2.45) is 5.10 Å². The third kappa shape index (κ3) is 3.84. The molecule has 0 aliphatic heterocycles. The summed E-state index contributed by atoms with van der Waals surface area (Å²) in [6, 6.07) is 9.34. The van der Waals surface area contributed by atoms with Crippen LogP contribution in [-0.4, -0.2) is 36.5 Å². The SMILES string of the molecule is C/C(=N\NC(=O)c1cccnc1)c1nnn(-c2cccc([N+](=O)[O-])c2)c1C. The maximum Gasteiger partial charge on any atom is 0.272 e. The standard InChI is InChI=1S/C17H15N7O3/c1-11(19-21-17(25)13-5-4-8-18-10-13)16-12(2)23(22-20-16)14-6-3-7-15(9-14)24(26)27/h3-10H,1-2H3,(H,21,25)/b19-11+. The van der Waals surface area contributed by atoms with Crippen molar-refractivity contribution in [3.8, 4) is 5.69 Å². The van der Waals surface area contributed by atoms with E-state index in [0.717, 1.165) is 0 Å². The van der Waals surface area contributed by atoms with Crippen LogP contribution < -0.4 is 5.43 Å². The lowest BCUT2D eigenvalue weighted by Gasteiger charge is -2.04. The van der Waals surface area contributed by atoms with E-state index in [1.165, 1.54) is 23.0 Å². The smallest absolute Gasteiger partial charge is 0.267 e. The van der Waals surface area contributed by atoms with E-state index in [4.69, 9.17) is 0 Å². The topological polar surface area (TPSA) is 128 Å². The molecule has 1 aromatic carbocycles. The zero-order valence-electron chi connectivity index (χ0n) is 14.5. The zero-order valence-corrected chi connectivity index (χ0v) is 14.5. The number of aromatic nitrogens is 4. The van der Waals surface area contributed by atoms with Gasteiger partial charge in [-0.2, -0.15) is 5.10 Å². The van der Waals surface area contributed by atoms with E-state index in [-0.39, 0.29) is 5.69 Å². The van der Waals surface area contributed by atoms with Crippen LogP contribution in [0.4, 0.5) is 5.69 Å². The maximum atomic E-state index is 12.0. The molecule has 0 radical (unpaired) electrons. The van der Waals surface area contributed by atoms with Crippen molar-refractivity contribution < 1.29 is 9.72 Å². The minimum atomic E-state index is -0.475. The number of amides is 1. The van der Waals surface area contributed by atoms with Crippen LogP contribution in [0.25, 0.3) is 5.69 Å². The molecule has 27 heavy (non-hydrogen) atoms. The van der Waals surface area contributed by atoms with Crippen LogP contribution in [0.5, 0.6) is 0 Å². The van der Waals surface area contributed by atoms with Gasteiger partial charge in [-0.05, 0) is 32.0 Å². The molecule has 1 N–H and O–H groups in total. The second-order valence-electron chi connectivity index (χ2n) is 5.59. The van der Waals surface area contributed by atoms with Crippen LogP contribution in [0, 0.1) is 17.0 Å². The number of nitro groups is 1.